The number of rotatable bonds is 6. The topological polar surface area (TPSA) is 29.1 Å². The van der Waals surface area contributed by atoms with Crippen LogP contribution in [0.1, 0.15) is 28.4 Å². The minimum Gasteiger partial charge on any atom is -0.378 e. The van der Waals surface area contributed by atoms with Crippen LogP contribution in [0, 0.1) is 0 Å². The van der Waals surface area contributed by atoms with Gasteiger partial charge in [-0.3, -0.25) is 4.79 Å². The molecule has 3 aromatic carbocycles. The predicted octanol–water partition coefficient (Wildman–Crippen LogP) is 5.77. The van der Waals surface area contributed by atoms with E-state index >= 15 is 0 Å². The zero-order chi connectivity index (χ0) is 16.8. The number of carbonyl (C=O) groups excluding carboxylic acids is 1. The van der Waals surface area contributed by atoms with Crippen LogP contribution in [0.2, 0.25) is 5.02 Å². The SMILES string of the molecule is O=C(C[C@H](Nc1ccccc1)c1ccc(Cl)cc1)c1ccccc1. The second-order valence-electron chi connectivity index (χ2n) is 5.61. The number of benzene rings is 3. The second kappa shape index (κ2) is 7.80. The molecule has 0 aliphatic heterocycles. The van der Waals surface area contributed by atoms with Crippen LogP contribution in [0.25, 0.3) is 0 Å². The summed E-state index contributed by atoms with van der Waals surface area (Å²) in [6.07, 6.45) is 0.376. The molecule has 1 atom stereocenters. The second-order valence-corrected chi connectivity index (χ2v) is 6.04. The fraction of sp³-hybridized carbons (Fsp3) is 0.0952. The number of para-hydroxylation sites is 1. The smallest absolute Gasteiger partial charge is 0.165 e. The van der Waals surface area contributed by atoms with Gasteiger partial charge in [-0.15, -0.1) is 0 Å². The van der Waals surface area contributed by atoms with E-state index < -0.39 is 0 Å². The lowest BCUT2D eigenvalue weighted by molar-refractivity contribution is 0.0976. The van der Waals surface area contributed by atoms with E-state index in [0.717, 1.165) is 16.8 Å². The summed E-state index contributed by atoms with van der Waals surface area (Å²) in [5.41, 5.74) is 2.75. The lowest BCUT2D eigenvalue weighted by Crippen LogP contribution is -2.15. The Kier molecular flexibility index (Phi) is 5.29. The number of nitrogens with one attached hydrogen (secondary N) is 1. The van der Waals surface area contributed by atoms with Crippen molar-refractivity contribution in [3.05, 3.63) is 101 Å². The van der Waals surface area contributed by atoms with Crippen LogP contribution in [0.5, 0.6) is 0 Å². The lowest BCUT2D eigenvalue weighted by atomic mass is 9.97. The van der Waals surface area contributed by atoms with Crippen LogP contribution >= 0.6 is 11.6 Å². The number of ketones is 1. The Balaban J connectivity index is 1.84. The first-order chi connectivity index (χ1) is 11.7. The monoisotopic (exact) mass is 335 g/mol. The third-order valence-corrected chi connectivity index (χ3v) is 4.12. The highest BCUT2D eigenvalue weighted by atomic mass is 35.5. The van der Waals surface area contributed by atoms with E-state index in [2.05, 4.69) is 5.32 Å². The largest absolute Gasteiger partial charge is 0.378 e. The number of anilines is 1. The van der Waals surface area contributed by atoms with Crippen molar-refractivity contribution in [3.8, 4) is 0 Å². The van der Waals surface area contributed by atoms with Crippen LogP contribution in [-0.2, 0) is 0 Å². The van der Waals surface area contributed by atoms with Crippen molar-refractivity contribution in [2.75, 3.05) is 5.32 Å². The Morgan fingerprint density at radius 2 is 1.42 bits per heavy atom. The number of halogens is 1. The fourth-order valence-corrected chi connectivity index (χ4v) is 2.74. The summed E-state index contributed by atoms with van der Waals surface area (Å²) in [4.78, 5) is 12.6. The third-order valence-electron chi connectivity index (χ3n) is 3.87. The Bertz CT molecular complexity index is 785. The fourth-order valence-electron chi connectivity index (χ4n) is 2.61. The molecule has 2 nitrogen and oxygen atoms in total. The normalized spacial score (nSPS) is 11.7. The quantitative estimate of drug-likeness (QED) is 0.580. The van der Waals surface area contributed by atoms with Gasteiger partial charge in [-0.25, -0.2) is 0 Å². The van der Waals surface area contributed by atoms with E-state index in [9.17, 15) is 4.79 Å². The molecule has 0 aliphatic rings. The van der Waals surface area contributed by atoms with Gasteiger partial charge in [0.15, 0.2) is 5.78 Å². The van der Waals surface area contributed by atoms with Crippen molar-refractivity contribution in [2.24, 2.45) is 0 Å². The van der Waals surface area contributed by atoms with Crippen molar-refractivity contribution in [3.63, 3.8) is 0 Å². The van der Waals surface area contributed by atoms with E-state index in [-0.39, 0.29) is 11.8 Å². The molecule has 3 aromatic rings. The number of hydrogen-bond donors (Lipinski definition) is 1. The van der Waals surface area contributed by atoms with Crippen LogP contribution in [0.3, 0.4) is 0 Å². The standard InChI is InChI=1S/C21H18ClNO/c22-18-13-11-16(12-14-18)20(23-19-9-5-2-6-10-19)15-21(24)17-7-3-1-4-8-17/h1-14,20,23H,15H2/t20-/m0/s1. The van der Waals surface area contributed by atoms with Gasteiger partial charge in [0.05, 0.1) is 6.04 Å². The molecule has 0 radical (unpaired) electrons. The molecule has 0 bridgehead atoms. The average Bonchev–Trinajstić information content (AvgIpc) is 2.63. The summed E-state index contributed by atoms with van der Waals surface area (Å²) in [7, 11) is 0. The Morgan fingerprint density at radius 1 is 0.833 bits per heavy atom. The van der Waals surface area contributed by atoms with Crippen molar-refractivity contribution in [2.45, 2.75) is 12.5 Å². The average molecular weight is 336 g/mol. The first-order valence-electron chi connectivity index (χ1n) is 7.87. The number of hydrogen-bond acceptors (Lipinski definition) is 2. The van der Waals surface area contributed by atoms with E-state index in [1.165, 1.54) is 0 Å². The van der Waals surface area contributed by atoms with Gasteiger partial charge < -0.3 is 5.32 Å². The van der Waals surface area contributed by atoms with Crippen molar-refractivity contribution < 1.29 is 4.79 Å². The molecule has 0 heterocycles. The van der Waals surface area contributed by atoms with Gasteiger partial charge in [-0.2, -0.15) is 0 Å². The maximum absolute atomic E-state index is 12.6. The van der Waals surface area contributed by atoms with Crippen molar-refractivity contribution in [1.29, 1.82) is 0 Å². The summed E-state index contributed by atoms with van der Waals surface area (Å²) >= 11 is 5.99. The molecule has 24 heavy (non-hydrogen) atoms. The molecule has 120 valence electrons. The van der Waals surface area contributed by atoms with Crippen LogP contribution < -0.4 is 5.32 Å². The molecule has 0 spiro atoms. The van der Waals surface area contributed by atoms with E-state index in [1.54, 1.807) is 0 Å². The maximum Gasteiger partial charge on any atom is 0.165 e. The molecule has 0 amide bonds. The molecule has 0 saturated heterocycles. The zero-order valence-electron chi connectivity index (χ0n) is 13.2. The zero-order valence-corrected chi connectivity index (χ0v) is 13.9. The predicted molar refractivity (Wildman–Crippen MR) is 99.6 cm³/mol. The molecule has 1 N–H and O–H groups in total. The van der Waals surface area contributed by atoms with Gasteiger partial charge in [-0.1, -0.05) is 72.3 Å². The molecule has 0 aromatic heterocycles. The van der Waals surface area contributed by atoms with Gasteiger partial charge in [0.2, 0.25) is 0 Å². The first-order valence-corrected chi connectivity index (χ1v) is 8.25. The summed E-state index contributed by atoms with van der Waals surface area (Å²) in [5.74, 6) is 0.110. The number of carbonyl (C=O) groups is 1. The van der Waals surface area contributed by atoms with Gasteiger partial charge in [0, 0.05) is 22.7 Å². The van der Waals surface area contributed by atoms with E-state index in [1.807, 2.05) is 84.9 Å². The summed E-state index contributed by atoms with van der Waals surface area (Å²) in [6.45, 7) is 0. The highest BCUT2D eigenvalue weighted by Crippen LogP contribution is 2.25. The molecular formula is C21H18ClNO. The highest BCUT2D eigenvalue weighted by Gasteiger charge is 2.17. The molecule has 3 rings (SSSR count). The Labute approximate surface area is 147 Å². The van der Waals surface area contributed by atoms with Crippen molar-refractivity contribution >= 4 is 23.1 Å². The molecular weight excluding hydrogens is 318 g/mol. The Morgan fingerprint density at radius 3 is 2.04 bits per heavy atom. The number of Topliss-reactive ketones (excluding diaryl/α,β-unsaturated/α-hetero) is 1. The Hall–Kier alpha value is -2.58. The highest BCUT2D eigenvalue weighted by molar-refractivity contribution is 6.30. The molecule has 0 aliphatic carbocycles. The maximum atomic E-state index is 12.6. The molecule has 3 heteroatoms. The van der Waals surface area contributed by atoms with Crippen LogP contribution in [0.15, 0.2) is 84.9 Å². The molecule has 0 saturated carbocycles. The third kappa shape index (κ3) is 4.24. The minimum atomic E-state index is -0.114. The minimum absolute atomic E-state index is 0.110. The van der Waals surface area contributed by atoms with Gasteiger partial charge in [0.25, 0.3) is 0 Å². The molecule has 0 fully saturated rings. The van der Waals surface area contributed by atoms with E-state index in [0.29, 0.717) is 11.4 Å². The summed E-state index contributed by atoms with van der Waals surface area (Å²) in [5, 5.41) is 4.14. The van der Waals surface area contributed by atoms with Gasteiger partial charge in [0.1, 0.15) is 0 Å². The van der Waals surface area contributed by atoms with Crippen LogP contribution in [0.4, 0.5) is 5.69 Å². The van der Waals surface area contributed by atoms with Gasteiger partial charge in [-0.05, 0) is 29.8 Å². The van der Waals surface area contributed by atoms with Gasteiger partial charge >= 0.3 is 0 Å². The summed E-state index contributed by atoms with van der Waals surface area (Å²) in [6, 6.07) is 26.8. The molecule has 0 unspecified atom stereocenters. The van der Waals surface area contributed by atoms with E-state index in [4.69, 9.17) is 11.6 Å². The first kappa shape index (κ1) is 16.3. The van der Waals surface area contributed by atoms with Crippen LogP contribution in [-0.4, -0.2) is 5.78 Å². The van der Waals surface area contributed by atoms with Crippen molar-refractivity contribution in [1.82, 2.24) is 0 Å². The summed E-state index contributed by atoms with van der Waals surface area (Å²) < 4.78 is 0. The lowest BCUT2D eigenvalue weighted by Gasteiger charge is -2.20.